The van der Waals surface area contributed by atoms with Crippen molar-refractivity contribution >= 4 is 17.6 Å². The summed E-state index contributed by atoms with van der Waals surface area (Å²) in [6.07, 6.45) is 6.00. The zero-order valence-electron chi connectivity index (χ0n) is 14.9. The first-order valence-electron chi connectivity index (χ1n) is 8.98. The first kappa shape index (κ1) is 17.0. The molecule has 1 fully saturated rings. The van der Waals surface area contributed by atoms with E-state index in [1.165, 1.54) is 5.56 Å². The summed E-state index contributed by atoms with van der Waals surface area (Å²) in [5.74, 6) is 1.86. The molecule has 0 bridgehead atoms. The third-order valence-electron chi connectivity index (χ3n) is 4.63. The van der Waals surface area contributed by atoms with Crippen molar-refractivity contribution in [3.8, 4) is 0 Å². The topological polar surface area (TPSA) is 41.9 Å². The Morgan fingerprint density at radius 2 is 1.92 bits per heavy atom. The normalized spacial score (nSPS) is 16.8. The van der Waals surface area contributed by atoms with Gasteiger partial charge in [0.15, 0.2) is 0 Å². The number of aromatic nitrogens is 3. The van der Waals surface area contributed by atoms with Crippen LogP contribution in [0.15, 0.2) is 66.0 Å². The standard InChI is InChI=1S/C21H22N4S/c1-16-7-5-10-18(23-16)19-11-6-12-25(19)20-13-22-14-21(24-20)26-15-17-8-3-2-4-9-17/h2-5,7-10,13-14,19H,6,11-12,15H2,1H3. The Morgan fingerprint density at radius 1 is 1.04 bits per heavy atom. The van der Waals surface area contributed by atoms with Gasteiger partial charge in [-0.1, -0.05) is 36.4 Å². The molecule has 26 heavy (non-hydrogen) atoms. The molecule has 1 aromatic carbocycles. The van der Waals surface area contributed by atoms with Crippen molar-refractivity contribution in [3.05, 3.63) is 77.9 Å². The van der Waals surface area contributed by atoms with Gasteiger partial charge < -0.3 is 4.90 Å². The summed E-state index contributed by atoms with van der Waals surface area (Å²) in [5, 5.41) is 0.967. The van der Waals surface area contributed by atoms with Crippen LogP contribution < -0.4 is 4.90 Å². The first-order valence-corrected chi connectivity index (χ1v) is 9.97. The molecule has 1 unspecified atom stereocenters. The van der Waals surface area contributed by atoms with Gasteiger partial charge in [0.2, 0.25) is 0 Å². The highest BCUT2D eigenvalue weighted by molar-refractivity contribution is 7.98. The molecule has 132 valence electrons. The minimum absolute atomic E-state index is 0.290. The molecule has 1 aliphatic rings. The Kier molecular flexibility index (Phi) is 5.16. The monoisotopic (exact) mass is 362 g/mol. The number of aryl methyl sites for hydroxylation is 1. The lowest BCUT2D eigenvalue weighted by atomic mass is 10.1. The molecule has 1 saturated heterocycles. The number of rotatable bonds is 5. The van der Waals surface area contributed by atoms with Gasteiger partial charge in [-0.05, 0) is 37.5 Å². The van der Waals surface area contributed by atoms with Gasteiger partial charge in [-0.25, -0.2) is 4.98 Å². The average Bonchev–Trinajstić information content (AvgIpc) is 3.17. The van der Waals surface area contributed by atoms with E-state index in [-0.39, 0.29) is 0 Å². The van der Waals surface area contributed by atoms with Crippen LogP contribution in [0.1, 0.15) is 35.8 Å². The summed E-state index contributed by atoms with van der Waals surface area (Å²) < 4.78 is 0. The number of nitrogens with zero attached hydrogens (tertiary/aromatic N) is 4. The minimum atomic E-state index is 0.290. The van der Waals surface area contributed by atoms with Crippen LogP contribution in [0, 0.1) is 6.92 Å². The largest absolute Gasteiger partial charge is 0.347 e. The van der Waals surface area contributed by atoms with Gasteiger partial charge in [0, 0.05) is 18.0 Å². The van der Waals surface area contributed by atoms with Gasteiger partial charge in [-0.2, -0.15) is 0 Å². The van der Waals surface area contributed by atoms with Crippen LogP contribution in [0.25, 0.3) is 0 Å². The smallest absolute Gasteiger partial charge is 0.149 e. The molecule has 3 aromatic rings. The highest BCUT2D eigenvalue weighted by atomic mass is 32.2. The van der Waals surface area contributed by atoms with Gasteiger partial charge in [0.25, 0.3) is 0 Å². The Labute approximate surface area is 158 Å². The molecule has 0 aliphatic carbocycles. The molecular weight excluding hydrogens is 340 g/mol. The van der Waals surface area contributed by atoms with Crippen molar-refractivity contribution in [3.63, 3.8) is 0 Å². The third-order valence-corrected chi connectivity index (χ3v) is 5.60. The fraction of sp³-hybridized carbons (Fsp3) is 0.286. The Hall–Kier alpha value is -2.40. The lowest BCUT2D eigenvalue weighted by Gasteiger charge is -2.25. The lowest BCUT2D eigenvalue weighted by Crippen LogP contribution is -2.24. The quantitative estimate of drug-likeness (QED) is 0.609. The van der Waals surface area contributed by atoms with E-state index >= 15 is 0 Å². The maximum atomic E-state index is 4.87. The molecule has 0 spiro atoms. The zero-order valence-corrected chi connectivity index (χ0v) is 15.7. The Bertz CT molecular complexity index is 869. The summed E-state index contributed by atoms with van der Waals surface area (Å²) >= 11 is 1.73. The fourth-order valence-electron chi connectivity index (χ4n) is 3.38. The molecular formula is C21H22N4S. The molecule has 2 aromatic heterocycles. The molecule has 0 amide bonds. The number of pyridine rings is 1. The number of thioether (sulfide) groups is 1. The number of anilines is 1. The zero-order chi connectivity index (χ0) is 17.8. The average molecular weight is 363 g/mol. The van der Waals surface area contributed by atoms with E-state index in [1.807, 2.05) is 31.5 Å². The van der Waals surface area contributed by atoms with Crippen LogP contribution in [0.3, 0.4) is 0 Å². The van der Waals surface area contributed by atoms with Crippen molar-refractivity contribution < 1.29 is 0 Å². The maximum Gasteiger partial charge on any atom is 0.149 e. The second-order valence-electron chi connectivity index (χ2n) is 6.55. The predicted octanol–water partition coefficient (Wildman–Crippen LogP) is 4.81. The van der Waals surface area contributed by atoms with Crippen molar-refractivity contribution in [1.82, 2.24) is 15.0 Å². The molecule has 0 saturated carbocycles. The van der Waals surface area contributed by atoms with Gasteiger partial charge in [0.05, 0.1) is 24.1 Å². The summed E-state index contributed by atoms with van der Waals surface area (Å²) in [5.41, 5.74) is 3.49. The Balaban J connectivity index is 1.52. The summed E-state index contributed by atoms with van der Waals surface area (Å²) in [7, 11) is 0. The minimum Gasteiger partial charge on any atom is -0.347 e. The number of benzene rings is 1. The molecule has 0 radical (unpaired) electrons. The molecule has 1 atom stereocenters. The van der Waals surface area contributed by atoms with E-state index in [0.29, 0.717) is 6.04 Å². The highest BCUT2D eigenvalue weighted by Crippen LogP contribution is 2.35. The summed E-state index contributed by atoms with van der Waals surface area (Å²) in [6, 6.07) is 17.0. The molecule has 4 rings (SSSR count). The maximum absolute atomic E-state index is 4.87. The SMILES string of the molecule is Cc1cccc(C2CCCN2c2cncc(SCc3ccccc3)n2)n1. The lowest BCUT2D eigenvalue weighted by molar-refractivity contribution is 0.681. The fourth-order valence-corrected chi connectivity index (χ4v) is 4.18. The van der Waals surface area contributed by atoms with Gasteiger partial charge in [-0.3, -0.25) is 9.97 Å². The van der Waals surface area contributed by atoms with Crippen LogP contribution >= 0.6 is 11.8 Å². The molecule has 5 heteroatoms. The second kappa shape index (κ2) is 7.87. The van der Waals surface area contributed by atoms with Crippen LogP contribution in [0.4, 0.5) is 5.82 Å². The van der Waals surface area contributed by atoms with Crippen LogP contribution in [0.5, 0.6) is 0 Å². The van der Waals surface area contributed by atoms with E-state index in [2.05, 4.69) is 46.3 Å². The van der Waals surface area contributed by atoms with Gasteiger partial charge >= 0.3 is 0 Å². The summed E-state index contributed by atoms with van der Waals surface area (Å²) in [4.78, 5) is 16.4. The highest BCUT2D eigenvalue weighted by Gasteiger charge is 2.28. The number of hydrogen-bond acceptors (Lipinski definition) is 5. The van der Waals surface area contributed by atoms with E-state index < -0.39 is 0 Å². The second-order valence-corrected chi connectivity index (χ2v) is 7.54. The molecule has 4 nitrogen and oxygen atoms in total. The molecule has 3 heterocycles. The first-order chi connectivity index (χ1) is 12.8. The van der Waals surface area contributed by atoms with E-state index in [0.717, 1.165) is 47.4 Å². The van der Waals surface area contributed by atoms with Crippen molar-refractivity contribution in [2.24, 2.45) is 0 Å². The predicted molar refractivity (Wildman–Crippen MR) is 106 cm³/mol. The van der Waals surface area contributed by atoms with E-state index in [4.69, 9.17) is 9.97 Å². The number of hydrogen-bond donors (Lipinski definition) is 0. The third kappa shape index (κ3) is 3.88. The molecule has 0 N–H and O–H groups in total. The summed E-state index contributed by atoms with van der Waals surface area (Å²) in [6.45, 7) is 3.05. The molecule has 1 aliphatic heterocycles. The van der Waals surface area contributed by atoms with Crippen molar-refractivity contribution in [2.45, 2.75) is 36.6 Å². The van der Waals surface area contributed by atoms with Crippen molar-refractivity contribution in [1.29, 1.82) is 0 Å². The van der Waals surface area contributed by atoms with Crippen LogP contribution in [-0.2, 0) is 5.75 Å². The van der Waals surface area contributed by atoms with Crippen LogP contribution in [0.2, 0.25) is 0 Å². The Morgan fingerprint density at radius 3 is 2.77 bits per heavy atom. The van der Waals surface area contributed by atoms with E-state index in [1.54, 1.807) is 11.8 Å². The van der Waals surface area contributed by atoms with Gasteiger partial charge in [0.1, 0.15) is 10.8 Å². The van der Waals surface area contributed by atoms with E-state index in [9.17, 15) is 0 Å². The van der Waals surface area contributed by atoms with Gasteiger partial charge in [-0.15, -0.1) is 11.8 Å². The van der Waals surface area contributed by atoms with Crippen molar-refractivity contribution in [2.75, 3.05) is 11.4 Å². The van der Waals surface area contributed by atoms with Crippen LogP contribution in [-0.4, -0.2) is 21.5 Å².